The van der Waals surface area contributed by atoms with Gasteiger partial charge in [0.05, 0.1) is 18.2 Å². The number of hydrogen-bond acceptors (Lipinski definition) is 3. The summed E-state index contributed by atoms with van der Waals surface area (Å²) in [5.74, 6) is 1.92. The zero-order valence-corrected chi connectivity index (χ0v) is 12.4. The summed E-state index contributed by atoms with van der Waals surface area (Å²) >= 11 is 6.57. The number of fused-ring (bicyclic) bond motifs is 2. The first-order chi connectivity index (χ1) is 9.68. The lowest BCUT2D eigenvalue weighted by Crippen LogP contribution is -2.27. The van der Waals surface area contributed by atoms with Crippen molar-refractivity contribution in [3.05, 3.63) is 21.7 Å². The Kier molecular flexibility index (Phi) is 2.90. The van der Waals surface area contributed by atoms with Crippen LogP contribution in [-0.4, -0.2) is 18.8 Å². The number of rotatable bonds is 2. The van der Waals surface area contributed by atoms with Gasteiger partial charge in [0.15, 0.2) is 0 Å². The molecule has 3 nitrogen and oxygen atoms in total. The molecule has 0 bridgehead atoms. The molecule has 4 heteroatoms. The average Bonchev–Trinajstić information content (AvgIpc) is 3.21. The summed E-state index contributed by atoms with van der Waals surface area (Å²) in [5.41, 5.74) is 10.00. The molecule has 2 aliphatic heterocycles. The third kappa shape index (κ3) is 1.99. The Hall–Kier alpha value is -0.930. The Balaban J connectivity index is 1.89. The van der Waals surface area contributed by atoms with Crippen LogP contribution in [0.1, 0.15) is 42.4 Å². The second-order valence-electron chi connectivity index (χ2n) is 6.35. The first kappa shape index (κ1) is 12.8. The third-order valence-electron chi connectivity index (χ3n) is 4.71. The number of benzene rings is 1. The van der Waals surface area contributed by atoms with Gasteiger partial charge < -0.3 is 15.2 Å². The highest BCUT2D eigenvalue weighted by Gasteiger charge is 2.41. The minimum atomic E-state index is -0.0202. The first-order valence-electron chi connectivity index (χ1n) is 7.58. The van der Waals surface area contributed by atoms with Gasteiger partial charge in [0.2, 0.25) is 0 Å². The highest BCUT2D eigenvalue weighted by molar-refractivity contribution is 6.33. The fourth-order valence-electron chi connectivity index (χ4n) is 3.36. The van der Waals surface area contributed by atoms with Gasteiger partial charge in [-0.3, -0.25) is 0 Å². The number of nitrogens with two attached hydrogens (primary N) is 1. The van der Waals surface area contributed by atoms with E-state index in [9.17, 15) is 0 Å². The van der Waals surface area contributed by atoms with E-state index < -0.39 is 0 Å². The molecule has 2 heterocycles. The van der Waals surface area contributed by atoms with Crippen LogP contribution in [0.2, 0.25) is 5.02 Å². The molecule has 1 saturated carbocycles. The maximum absolute atomic E-state index is 6.57. The third-order valence-corrected chi connectivity index (χ3v) is 5.11. The van der Waals surface area contributed by atoms with Crippen LogP contribution in [0.4, 0.5) is 0 Å². The van der Waals surface area contributed by atoms with E-state index in [-0.39, 0.29) is 5.54 Å². The summed E-state index contributed by atoms with van der Waals surface area (Å²) in [6, 6.07) is 0. The summed E-state index contributed by atoms with van der Waals surface area (Å²) < 4.78 is 11.8. The summed E-state index contributed by atoms with van der Waals surface area (Å²) in [7, 11) is 0. The molecule has 0 saturated heterocycles. The summed E-state index contributed by atoms with van der Waals surface area (Å²) in [6.45, 7) is 1.55. The van der Waals surface area contributed by atoms with Crippen LogP contribution in [0, 0.1) is 0 Å². The van der Waals surface area contributed by atoms with Crippen molar-refractivity contribution in [1.82, 2.24) is 0 Å². The van der Waals surface area contributed by atoms with Crippen LogP contribution in [0.5, 0.6) is 11.5 Å². The maximum atomic E-state index is 6.57. The van der Waals surface area contributed by atoms with Crippen molar-refractivity contribution in [2.24, 2.45) is 5.73 Å². The van der Waals surface area contributed by atoms with Crippen molar-refractivity contribution in [3.63, 3.8) is 0 Å². The van der Waals surface area contributed by atoms with Crippen molar-refractivity contribution in [1.29, 1.82) is 0 Å². The molecule has 20 heavy (non-hydrogen) atoms. The van der Waals surface area contributed by atoms with Gasteiger partial charge in [0.1, 0.15) is 11.5 Å². The Bertz CT molecular complexity index is 529. The monoisotopic (exact) mass is 293 g/mol. The summed E-state index contributed by atoms with van der Waals surface area (Å²) in [6.07, 6.45) is 7.20. The lowest BCUT2D eigenvalue weighted by molar-refractivity contribution is 0.269. The van der Waals surface area contributed by atoms with Crippen LogP contribution in [0.15, 0.2) is 0 Å². The van der Waals surface area contributed by atoms with Crippen LogP contribution >= 0.6 is 11.6 Å². The highest BCUT2D eigenvalue weighted by atomic mass is 35.5. The molecule has 0 atom stereocenters. The Labute approximate surface area is 124 Å². The van der Waals surface area contributed by atoms with E-state index in [1.54, 1.807) is 0 Å². The zero-order valence-electron chi connectivity index (χ0n) is 11.6. The average molecular weight is 294 g/mol. The predicted octanol–water partition coefficient (Wildman–Crippen LogP) is 3.02. The lowest BCUT2D eigenvalue weighted by atomic mass is 9.89. The smallest absolute Gasteiger partial charge is 0.141 e. The first-order valence-corrected chi connectivity index (χ1v) is 7.96. The molecule has 3 aliphatic rings. The van der Waals surface area contributed by atoms with Gasteiger partial charge in [-0.05, 0) is 44.9 Å². The van der Waals surface area contributed by atoms with E-state index in [4.69, 9.17) is 26.8 Å². The fraction of sp³-hybridized carbons (Fsp3) is 0.625. The molecule has 108 valence electrons. The Morgan fingerprint density at radius 1 is 1.00 bits per heavy atom. The molecule has 1 aliphatic carbocycles. The van der Waals surface area contributed by atoms with Gasteiger partial charge in [0, 0.05) is 22.2 Å². The van der Waals surface area contributed by atoms with Gasteiger partial charge in [-0.25, -0.2) is 0 Å². The van der Waals surface area contributed by atoms with E-state index in [0.717, 1.165) is 80.2 Å². The Morgan fingerprint density at radius 3 is 2.35 bits per heavy atom. The van der Waals surface area contributed by atoms with E-state index in [1.807, 2.05) is 0 Å². The topological polar surface area (TPSA) is 44.5 Å². The van der Waals surface area contributed by atoms with Gasteiger partial charge in [0.25, 0.3) is 0 Å². The molecule has 0 radical (unpaired) electrons. The number of ether oxygens (including phenoxy) is 2. The van der Waals surface area contributed by atoms with Crippen molar-refractivity contribution in [2.75, 3.05) is 13.2 Å². The minimum Gasteiger partial charge on any atom is -0.493 e. The van der Waals surface area contributed by atoms with Crippen LogP contribution in [-0.2, 0) is 19.3 Å². The Morgan fingerprint density at radius 2 is 1.65 bits per heavy atom. The fourth-order valence-corrected chi connectivity index (χ4v) is 3.71. The van der Waals surface area contributed by atoms with Crippen LogP contribution in [0.25, 0.3) is 0 Å². The lowest BCUT2D eigenvalue weighted by Gasteiger charge is -2.30. The molecule has 4 rings (SSSR count). The molecule has 2 N–H and O–H groups in total. The number of hydrogen-bond donors (Lipinski definition) is 1. The van der Waals surface area contributed by atoms with Crippen molar-refractivity contribution < 1.29 is 9.47 Å². The highest BCUT2D eigenvalue weighted by Crippen LogP contribution is 2.49. The van der Waals surface area contributed by atoms with E-state index >= 15 is 0 Å². The van der Waals surface area contributed by atoms with Gasteiger partial charge in [-0.15, -0.1) is 0 Å². The normalized spacial score (nSPS) is 22.3. The second kappa shape index (κ2) is 4.54. The van der Waals surface area contributed by atoms with E-state index in [0.29, 0.717) is 0 Å². The molecular weight excluding hydrogens is 274 g/mol. The summed E-state index contributed by atoms with van der Waals surface area (Å²) in [4.78, 5) is 0. The maximum Gasteiger partial charge on any atom is 0.141 e. The SMILES string of the molecule is NC1(Cc2c3c(c(Cl)c4c2OCCC4)OCCC3)CC1. The number of halogens is 1. The zero-order chi connectivity index (χ0) is 13.7. The molecule has 0 spiro atoms. The standard InChI is InChI=1S/C16H20ClNO2/c17-13-11-4-2-7-19-14(11)12(9-16(18)5-6-16)10-3-1-8-20-15(10)13/h1-9,18H2. The molecule has 1 aromatic carbocycles. The summed E-state index contributed by atoms with van der Waals surface area (Å²) in [5, 5.41) is 0.778. The largest absolute Gasteiger partial charge is 0.493 e. The van der Waals surface area contributed by atoms with E-state index in [1.165, 1.54) is 11.1 Å². The molecule has 0 unspecified atom stereocenters. The molecule has 0 aromatic heterocycles. The predicted molar refractivity (Wildman–Crippen MR) is 78.9 cm³/mol. The second-order valence-corrected chi connectivity index (χ2v) is 6.73. The van der Waals surface area contributed by atoms with Crippen molar-refractivity contribution in [2.45, 2.75) is 50.5 Å². The van der Waals surface area contributed by atoms with Crippen molar-refractivity contribution in [3.8, 4) is 11.5 Å². The van der Waals surface area contributed by atoms with Gasteiger partial charge in [-0.2, -0.15) is 0 Å². The molecule has 1 fully saturated rings. The molecular formula is C16H20ClNO2. The minimum absolute atomic E-state index is 0.0202. The van der Waals surface area contributed by atoms with E-state index in [2.05, 4.69) is 0 Å². The molecule has 0 amide bonds. The van der Waals surface area contributed by atoms with Gasteiger partial charge >= 0.3 is 0 Å². The van der Waals surface area contributed by atoms with Crippen LogP contribution in [0.3, 0.4) is 0 Å². The van der Waals surface area contributed by atoms with Crippen molar-refractivity contribution >= 4 is 11.6 Å². The molecule has 1 aromatic rings. The quantitative estimate of drug-likeness (QED) is 0.911. The van der Waals surface area contributed by atoms with Crippen LogP contribution < -0.4 is 15.2 Å². The van der Waals surface area contributed by atoms with Gasteiger partial charge in [-0.1, -0.05) is 11.6 Å².